The Morgan fingerprint density at radius 2 is 1.17 bits per heavy atom. The van der Waals surface area contributed by atoms with Crippen LogP contribution in [0.1, 0.15) is 177 Å². The number of unbranched alkanes of at least 4 members (excludes halogenated alkanes) is 1. The van der Waals surface area contributed by atoms with Crippen LogP contribution >= 0.6 is 0 Å². The average molecular weight is 656 g/mol. The van der Waals surface area contributed by atoms with E-state index in [0.717, 1.165) is 65.1 Å². The van der Waals surface area contributed by atoms with Gasteiger partial charge in [0.25, 0.3) is 0 Å². The van der Waals surface area contributed by atoms with Gasteiger partial charge < -0.3 is 5.73 Å². The topological polar surface area (TPSA) is 26.0 Å². The summed E-state index contributed by atoms with van der Waals surface area (Å²) in [6, 6.07) is 0.414. The van der Waals surface area contributed by atoms with E-state index < -0.39 is 0 Å². The molecule has 1 nitrogen and oxygen atoms in total. The van der Waals surface area contributed by atoms with Gasteiger partial charge in [0, 0.05) is 6.04 Å². The first-order valence-electron chi connectivity index (χ1n) is 22.1. The fraction of sp³-hybridized carbons (Fsp3) is 0.915. The lowest BCUT2D eigenvalue weighted by atomic mass is 9.46. The molecule has 0 bridgehead atoms. The fourth-order valence-electron chi connectivity index (χ4n) is 17.0. The van der Waals surface area contributed by atoms with Gasteiger partial charge in [-0.2, -0.15) is 0 Å². The van der Waals surface area contributed by atoms with E-state index in [1.54, 1.807) is 5.57 Å². The first-order chi connectivity index (χ1) is 22.9. The smallest absolute Gasteiger partial charge is 0.00766 e. The molecule has 0 aromatic heterocycles. The maximum atomic E-state index is 6.49. The van der Waals surface area contributed by atoms with Crippen molar-refractivity contribution in [2.24, 2.45) is 92.5 Å². The number of fused-ring (bicyclic) bond motifs is 10. The summed E-state index contributed by atoms with van der Waals surface area (Å²) < 4.78 is 0. The minimum Gasteiger partial charge on any atom is -0.327 e. The van der Waals surface area contributed by atoms with E-state index in [1.807, 2.05) is 5.57 Å². The molecule has 1 heteroatoms. The number of hydrogen-bond acceptors (Lipinski definition) is 1. The highest BCUT2D eigenvalue weighted by atomic mass is 14.7. The van der Waals surface area contributed by atoms with Crippen molar-refractivity contribution >= 4 is 0 Å². The first kappa shape index (κ1) is 34.5. The van der Waals surface area contributed by atoms with Gasteiger partial charge in [0.2, 0.25) is 0 Å². The molecule has 2 N–H and O–H groups in total. The zero-order valence-electron chi connectivity index (χ0n) is 32.8. The van der Waals surface area contributed by atoms with Crippen molar-refractivity contribution in [2.45, 2.75) is 183 Å². The van der Waals surface area contributed by atoms with Gasteiger partial charge in [-0.1, -0.05) is 91.0 Å². The molecule has 0 spiro atoms. The molecule has 0 radical (unpaired) electrons. The monoisotopic (exact) mass is 656 g/mol. The molecule has 0 heterocycles. The second kappa shape index (κ2) is 12.5. The van der Waals surface area contributed by atoms with Gasteiger partial charge in [0.15, 0.2) is 0 Å². The molecular weight excluding hydrogens is 579 g/mol. The number of hydrogen-bond donors (Lipinski definition) is 1. The zero-order valence-corrected chi connectivity index (χ0v) is 32.8. The van der Waals surface area contributed by atoms with Crippen LogP contribution in [0.4, 0.5) is 0 Å². The highest BCUT2D eigenvalue weighted by molar-refractivity contribution is 5.27. The molecule has 16 atom stereocenters. The quantitative estimate of drug-likeness (QED) is 0.271. The van der Waals surface area contributed by atoms with Crippen LogP contribution in [-0.4, -0.2) is 6.04 Å². The molecule has 0 amide bonds. The molecule has 8 rings (SSSR count). The van der Waals surface area contributed by atoms with Crippen LogP contribution < -0.4 is 5.73 Å². The minimum atomic E-state index is 0.414. The van der Waals surface area contributed by atoms with E-state index in [0.29, 0.717) is 27.7 Å². The fourth-order valence-corrected chi connectivity index (χ4v) is 17.0. The zero-order chi connectivity index (χ0) is 33.6. The Hall–Kier alpha value is -0.560. The van der Waals surface area contributed by atoms with Gasteiger partial charge in [0.05, 0.1) is 0 Å². The third kappa shape index (κ3) is 5.19. The van der Waals surface area contributed by atoms with E-state index in [4.69, 9.17) is 5.73 Å². The lowest BCUT2D eigenvalue weighted by Gasteiger charge is -2.59. The lowest BCUT2D eigenvalue weighted by molar-refractivity contribution is -0.0612. The standard InChI is InChI=1S/C47H77N/c1-8-9-10-32-19-23-44(4)33(28-32)11-13-36-40-17-15-38(46(40,6)25-21-42(36)44)30(2)27-31(3)39-16-18-41-37-14-12-34-29-35(48)20-24-45(34,5)43(37)22-26-47(39,41)7/h11-12,30-32,35-43H,8-10,13-29,48H2,1-7H3/t30-,31-,32+,35+,36+,37+,38?,39?,40+,41+,42?,43?,44?,45?,46?,47?/m1/s1. The molecule has 8 aliphatic carbocycles. The summed E-state index contributed by atoms with van der Waals surface area (Å²) in [6.45, 7) is 18.8. The number of nitrogens with two attached hydrogens (primary N) is 1. The van der Waals surface area contributed by atoms with Gasteiger partial charge >= 0.3 is 0 Å². The van der Waals surface area contributed by atoms with E-state index in [2.05, 4.69) is 60.6 Å². The largest absolute Gasteiger partial charge is 0.327 e. The summed E-state index contributed by atoms with van der Waals surface area (Å²) >= 11 is 0. The third-order valence-electron chi connectivity index (χ3n) is 19.6. The first-order valence-corrected chi connectivity index (χ1v) is 22.1. The maximum absolute atomic E-state index is 6.49. The Morgan fingerprint density at radius 3 is 1.71 bits per heavy atom. The summed E-state index contributed by atoms with van der Waals surface area (Å²) in [5, 5.41) is 0. The Morgan fingerprint density at radius 1 is 0.646 bits per heavy atom. The molecule has 6 saturated carbocycles. The van der Waals surface area contributed by atoms with Crippen LogP contribution in [0.25, 0.3) is 0 Å². The molecule has 0 aromatic rings. The van der Waals surface area contributed by atoms with Crippen molar-refractivity contribution in [3.05, 3.63) is 23.3 Å². The molecular formula is C47H77N. The highest BCUT2D eigenvalue weighted by Gasteiger charge is 2.61. The highest BCUT2D eigenvalue weighted by Crippen LogP contribution is 2.70. The molecule has 6 fully saturated rings. The summed E-state index contributed by atoms with van der Waals surface area (Å²) in [5.41, 5.74) is 12.3. The van der Waals surface area contributed by atoms with Gasteiger partial charge in [-0.05, 0) is 196 Å². The maximum Gasteiger partial charge on any atom is 0.00766 e. The molecule has 8 aliphatic rings. The third-order valence-corrected chi connectivity index (χ3v) is 19.6. The van der Waals surface area contributed by atoms with Crippen molar-refractivity contribution in [1.29, 1.82) is 0 Å². The second-order valence-corrected chi connectivity index (χ2v) is 21.4. The number of rotatable bonds is 7. The van der Waals surface area contributed by atoms with Gasteiger partial charge in [-0.15, -0.1) is 0 Å². The summed E-state index contributed by atoms with van der Waals surface area (Å²) in [6.07, 6.45) is 34.4. The summed E-state index contributed by atoms with van der Waals surface area (Å²) in [5.74, 6) is 10.4. The Balaban J connectivity index is 0.929. The van der Waals surface area contributed by atoms with Crippen LogP contribution in [0, 0.1) is 86.8 Å². The van der Waals surface area contributed by atoms with Crippen molar-refractivity contribution in [2.75, 3.05) is 0 Å². The molecule has 0 aliphatic heterocycles. The lowest BCUT2D eigenvalue weighted by Crippen LogP contribution is -2.51. The summed E-state index contributed by atoms with van der Waals surface area (Å²) in [7, 11) is 0. The predicted octanol–water partition coefficient (Wildman–Crippen LogP) is 12.9. The SMILES string of the molecule is CCCC[C@H]1CCC2(C)C(=CC[C@@H]3C2CCC2(C)C([C@H](C)C[C@@H](C)C4CC[C@H]5[C@@H]6CC=C7C[C@@H](N)CCC7(C)C6CCC45C)CC[C@@H]32)C1. The van der Waals surface area contributed by atoms with Crippen molar-refractivity contribution < 1.29 is 0 Å². The molecule has 0 saturated heterocycles. The van der Waals surface area contributed by atoms with Crippen molar-refractivity contribution in [3.63, 3.8) is 0 Å². The van der Waals surface area contributed by atoms with Crippen LogP contribution in [0.2, 0.25) is 0 Å². The van der Waals surface area contributed by atoms with Crippen LogP contribution in [0.15, 0.2) is 23.3 Å². The molecule has 48 heavy (non-hydrogen) atoms. The second-order valence-electron chi connectivity index (χ2n) is 21.4. The average Bonchev–Trinajstić information content (AvgIpc) is 3.61. The van der Waals surface area contributed by atoms with Gasteiger partial charge in [0.1, 0.15) is 0 Å². The normalized spacial score (nSPS) is 52.4. The molecule has 8 unspecified atom stereocenters. The molecule has 0 aromatic carbocycles. The van der Waals surface area contributed by atoms with Crippen LogP contribution in [0.3, 0.4) is 0 Å². The van der Waals surface area contributed by atoms with Crippen molar-refractivity contribution in [1.82, 2.24) is 0 Å². The van der Waals surface area contributed by atoms with E-state index >= 15 is 0 Å². The summed E-state index contributed by atoms with van der Waals surface area (Å²) in [4.78, 5) is 0. The Labute approximate surface area is 297 Å². The van der Waals surface area contributed by atoms with Crippen LogP contribution in [0.5, 0.6) is 0 Å². The molecule has 270 valence electrons. The minimum absolute atomic E-state index is 0.414. The van der Waals surface area contributed by atoms with Crippen molar-refractivity contribution in [3.8, 4) is 0 Å². The van der Waals surface area contributed by atoms with E-state index in [9.17, 15) is 0 Å². The van der Waals surface area contributed by atoms with E-state index in [-0.39, 0.29) is 0 Å². The van der Waals surface area contributed by atoms with Gasteiger partial charge in [-0.25, -0.2) is 0 Å². The number of allylic oxidation sites excluding steroid dienone is 3. The predicted molar refractivity (Wildman–Crippen MR) is 204 cm³/mol. The van der Waals surface area contributed by atoms with E-state index in [1.165, 1.54) is 128 Å². The Bertz CT molecular complexity index is 1260. The Kier molecular flexibility index (Phi) is 9.02. The van der Waals surface area contributed by atoms with Gasteiger partial charge in [-0.3, -0.25) is 0 Å². The van der Waals surface area contributed by atoms with Crippen LogP contribution in [-0.2, 0) is 0 Å².